The van der Waals surface area contributed by atoms with Gasteiger partial charge in [-0.2, -0.15) is 0 Å². The number of rotatable bonds is 3. The minimum atomic E-state index is -1.26. The van der Waals surface area contributed by atoms with Crippen LogP contribution in [0, 0.1) is 17.5 Å². The average molecular weight is 255 g/mol. The number of hydrogen-bond acceptors (Lipinski definition) is 3. The first-order chi connectivity index (χ1) is 8.58. The molecule has 0 fully saturated rings. The first-order valence-electron chi connectivity index (χ1n) is 5.52. The highest BCUT2D eigenvalue weighted by molar-refractivity contribution is 5.92. The molecule has 1 aromatic heterocycles. The van der Waals surface area contributed by atoms with Gasteiger partial charge < -0.3 is 5.43 Å². The monoisotopic (exact) mass is 255 g/mol. The highest BCUT2D eigenvalue weighted by atomic mass is 19.2. The van der Waals surface area contributed by atoms with E-state index in [4.69, 9.17) is 5.84 Å². The molecule has 0 unspecified atom stereocenters. The van der Waals surface area contributed by atoms with E-state index >= 15 is 0 Å². The number of fused-ring (bicyclic) bond motifs is 1. The van der Waals surface area contributed by atoms with E-state index in [1.54, 1.807) is 0 Å². The van der Waals surface area contributed by atoms with Crippen LogP contribution in [-0.4, -0.2) is 4.98 Å². The van der Waals surface area contributed by atoms with E-state index in [9.17, 15) is 13.2 Å². The molecule has 0 saturated carbocycles. The van der Waals surface area contributed by atoms with E-state index in [0.717, 1.165) is 6.42 Å². The molecule has 6 heteroatoms. The van der Waals surface area contributed by atoms with E-state index in [0.29, 0.717) is 18.2 Å². The minimum Gasteiger partial charge on any atom is -0.323 e. The maximum atomic E-state index is 13.6. The van der Waals surface area contributed by atoms with Crippen LogP contribution in [0.5, 0.6) is 0 Å². The van der Waals surface area contributed by atoms with Crippen LogP contribution in [0.2, 0.25) is 0 Å². The van der Waals surface area contributed by atoms with Crippen molar-refractivity contribution in [2.45, 2.75) is 19.8 Å². The van der Waals surface area contributed by atoms with E-state index in [2.05, 4.69) is 10.4 Å². The highest BCUT2D eigenvalue weighted by Gasteiger charge is 2.17. The van der Waals surface area contributed by atoms with Crippen molar-refractivity contribution in [2.24, 2.45) is 5.84 Å². The third-order valence-corrected chi connectivity index (χ3v) is 2.64. The van der Waals surface area contributed by atoms with Gasteiger partial charge in [0.05, 0.1) is 11.1 Å². The van der Waals surface area contributed by atoms with Crippen molar-refractivity contribution < 1.29 is 13.2 Å². The standard InChI is InChI=1S/C12H12F3N3/c1-2-3-6-4-9(18-16)10-7(13)5-8(14)11(15)12(10)17-6/h4-5H,2-3,16H2,1H3,(H,17,18). The number of hydrazine groups is 1. The number of halogens is 3. The lowest BCUT2D eigenvalue weighted by atomic mass is 10.1. The summed E-state index contributed by atoms with van der Waals surface area (Å²) in [5.74, 6) is 1.96. The molecule has 0 atom stereocenters. The number of anilines is 1. The van der Waals surface area contributed by atoms with Crippen LogP contribution in [0.1, 0.15) is 19.0 Å². The van der Waals surface area contributed by atoms with Gasteiger partial charge >= 0.3 is 0 Å². The molecule has 0 aliphatic carbocycles. The van der Waals surface area contributed by atoms with Crippen LogP contribution in [-0.2, 0) is 6.42 Å². The second kappa shape index (κ2) is 4.81. The smallest absolute Gasteiger partial charge is 0.185 e. The second-order valence-electron chi connectivity index (χ2n) is 3.93. The van der Waals surface area contributed by atoms with Crippen molar-refractivity contribution in [3.63, 3.8) is 0 Å². The van der Waals surface area contributed by atoms with Gasteiger partial charge in [-0.05, 0) is 12.5 Å². The van der Waals surface area contributed by atoms with Crippen molar-refractivity contribution in [1.82, 2.24) is 4.98 Å². The predicted octanol–water partition coefficient (Wildman–Crippen LogP) is 2.89. The number of nitrogens with zero attached hydrogens (tertiary/aromatic N) is 1. The van der Waals surface area contributed by atoms with E-state index in [-0.39, 0.29) is 16.6 Å². The Morgan fingerprint density at radius 1 is 1.22 bits per heavy atom. The molecular formula is C12H12F3N3. The Morgan fingerprint density at radius 3 is 2.56 bits per heavy atom. The molecule has 2 aromatic rings. The summed E-state index contributed by atoms with van der Waals surface area (Å²) in [4.78, 5) is 3.94. The number of nitrogens with two attached hydrogens (primary N) is 1. The number of aromatic nitrogens is 1. The zero-order valence-corrected chi connectivity index (χ0v) is 9.73. The molecular weight excluding hydrogens is 243 g/mol. The molecule has 2 rings (SSSR count). The van der Waals surface area contributed by atoms with Gasteiger partial charge in [-0.25, -0.2) is 18.2 Å². The lowest BCUT2D eigenvalue weighted by Gasteiger charge is -2.10. The Balaban J connectivity index is 2.83. The Labute approximate surface area is 102 Å². The van der Waals surface area contributed by atoms with Gasteiger partial charge in [0.2, 0.25) is 0 Å². The molecule has 0 saturated heterocycles. The van der Waals surface area contributed by atoms with Crippen LogP contribution in [0.15, 0.2) is 12.1 Å². The van der Waals surface area contributed by atoms with Crippen molar-refractivity contribution in [3.8, 4) is 0 Å². The Bertz CT molecular complexity index is 599. The van der Waals surface area contributed by atoms with Gasteiger partial charge in [-0.3, -0.25) is 5.84 Å². The molecule has 0 bridgehead atoms. The topological polar surface area (TPSA) is 50.9 Å². The zero-order chi connectivity index (χ0) is 13.3. The first-order valence-corrected chi connectivity index (χ1v) is 5.52. The Kier molecular flexibility index (Phi) is 3.38. The van der Waals surface area contributed by atoms with Crippen LogP contribution in [0.3, 0.4) is 0 Å². The zero-order valence-electron chi connectivity index (χ0n) is 9.73. The highest BCUT2D eigenvalue weighted by Crippen LogP contribution is 2.29. The number of pyridine rings is 1. The Morgan fingerprint density at radius 2 is 1.94 bits per heavy atom. The third-order valence-electron chi connectivity index (χ3n) is 2.64. The van der Waals surface area contributed by atoms with Crippen molar-refractivity contribution in [2.75, 3.05) is 5.43 Å². The molecule has 1 heterocycles. The fourth-order valence-corrected chi connectivity index (χ4v) is 1.86. The number of nitrogen functional groups attached to an aromatic ring is 1. The lowest BCUT2D eigenvalue weighted by Crippen LogP contribution is -2.10. The molecule has 3 N–H and O–H groups in total. The number of aryl methyl sites for hydroxylation is 1. The third kappa shape index (κ3) is 1.99. The summed E-state index contributed by atoms with van der Waals surface area (Å²) in [6.45, 7) is 1.92. The molecule has 0 radical (unpaired) electrons. The summed E-state index contributed by atoms with van der Waals surface area (Å²) >= 11 is 0. The summed E-state index contributed by atoms with van der Waals surface area (Å²) in [5.41, 5.74) is 2.67. The predicted molar refractivity (Wildman–Crippen MR) is 63.4 cm³/mol. The molecule has 3 nitrogen and oxygen atoms in total. The van der Waals surface area contributed by atoms with Crippen molar-refractivity contribution >= 4 is 16.6 Å². The summed E-state index contributed by atoms with van der Waals surface area (Å²) in [7, 11) is 0. The first kappa shape index (κ1) is 12.6. The van der Waals surface area contributed by atoms with Gasteiger partial charge in [0, 0.05) is 11.8 Å². The number of nitrogens with one attached hydrogen (secondary N) is 1. The molecule has 0 aliphatic heterocycles. The van der Waals surface area contributed by atoms with Gasteiger partial charge in [0.1, 0.15) is 11.3 Å². The van der Waals surface area contributed by atoms with Gasteiger partial charge in [0.15, 0.2) is 11.6 Å². The quantitative estimate of drug-likeness (QED) is 0.503. The lowest BCUT2D eigenvalue weighted by molar-refractivity contribution is 0.504. The maximum Gasteiger partial charge on any atom is 0.185 e. The van der Waals surface area contributed by atoms with Gasteiger partial charge in [-0.1, -0.05) is 13.3 Å². The summed E-state index contributed by atoms with van der Waals surface area (Å²) in [5, 5.41) is -0.142. The molecule has 1 aromatic carbocycles. The largest absolute Gasteiger partial charge is 0.323 e. The Hall–Kier alpha value is -1.82. The van der Waals surface area contributed by atoms with Crippen LogP contribution in [0.4, 0.5) is 18.9 Å². The second-order valence-corrected chi connectivity index (χ2v) is 3.93. The van der Waals surface area contributed by atoms with Crippen LogP contribution < -0.4 is 11.3 Å². The summed E-state index contributed by atoms with van der Waals surface area (Å²) < 4.78 is 40.4. The molecule has 18 heavy (non-hydrogen) atoms. The fraction of sp³-hybridized carbons (Fsp3) is 0.250. The average Bonchev–Trinajstić information content (AvgIpc) is 2.35. The van der Waals surface area contributed by atoms with Crippen molar-refractivity contribution in [1.29, 1.82) is 0 Å². The molecule has 0 aliphatic rings. The minimum absolute atomic E-state index is 0.142. The molecule has 96 valence electrons. The SMILES string of the molecule is CCCc1cc(NN)c2c(F)cc(F)c(F)c2n1. The maximum absolute atomic E-state index is 13.6. The normalized spacial score (nSPS) is 10.9. The number of hydrogen-bond donors (Lipinski definition) is 2. The molecule has 0 amide bonds. The summed E-state index contributed by atoms with van der Waals surface area (Å²) in [6, 6.07) is 2.02. The van der Waals surface area contributed by atoms with E-state index in [1.807, 2.05) is 6.92 Å². The van der Waals surface area contributed by atoms with Gasteiger partial charge in [-0.15, -0.1) is 0 Å². The fourth-order valence-electron chi connectivity index (χ4n) is 1.86. The summed E-state index contributed by atoms with van der Waals surface area (Å²) in [6.07, 6.45) is 1.35. The van der Waals surface area contributed by atoms with Crippen molar-refractivity contribution in [3.05, 3.63) is 35.3 Å². The van der Waals surface area contributed by atoms with E-state index < -0.39 is 17.5 Å². The van der Waals surface area contributed by atoms with Gasteiger partial charge in [0.25, 0.3) is 0 Å². The van der Waals surface area contributed by atoms with Crippen LogP contribution >= 0.6 is 0 Å². The van der Waals surface area contributed by atoms with Crippen LogP contribution in [0.25, 0.3) is 10.9 Å². The number of benzene rings is 1. The van der Waals surface area contributed by atoms with E-state index in [1.165, 1.54) is 6.07 Å². The molecule has 0 spiro atoms.